The van der Waals surface area contributed by atoms with Gasteiger partial charge in [0.25, 0.3) is 0 Å². The number of hydrogen-bond donors (Lipinski definition) is 0. The van der Waals surface area contributed by atoms with E-state index >= 15 is 0 Å². The molecule has 0 nitrogen and oxygen atoms in total. The highest BCUT2D eigenvalue weighted by Gasteiger charge is 2.21. The van der Waals surface area contributed by atoms with Crippen molar-refractivity contribution in [1.82, 2.24) is 0 Å². The van der Waals surface area contributed by atoms with Gasteiger partial charge in [-0.1, -0.05) is 180 Å². The van der Waals surface area contributed by atoms with Crippen molar-refractivity contribution in [2.75, 3.05) is 0 Å². The van der Waals surface area contributed by atoms with Gasteiger partial charge in [-0.25, -0.2) is 0 Å². The van der Waals surface area contributed by atoms with Crippen LogP contribution < -0.4 is 0 Å². The van der Waals surface area contributed by atoms with E-state index in [0.29, 0.717) is 0 Å². The molecule has 0 saturated heterocycles. The zero-order chi connectivity index (χ0) is 22.2. The predicted molar refractivity (Wildman–Crippen MR) is 165 cm³/mol. The smallest absolute Gasteiger partial charge is 0.0389 e. The molecule has 34 heavy (non-hydrogen) atoms. The molecular formula is C34H76. The van der Waals surface area contributed by atoms with E-state index in [9.17, 15) is 0 Å². The summed E-state index contributed by atoms with van der Waals surface area (Å²) >= 11 is 0. The molecular weight excluding hydrogens is 408 g/mol. The topological polar surface area (TPSA) is 0 Å². The van der Waals surface area contributed by atoms with Crippen molar-refractivity contribution in [3.05, 3.63) is 0 Å². The molecule has 3 saturated carbocycles. The first-order valence-corrected chi connectivity index (χ1v) is 14.6. The van der Waals surface area contributed by atoms with Gasteiger partial charge < -0.3 is 0 Å². The fourth-order valence-electron chi connectivity index (χ4n) is 6.55. The molecule has 0 spiro atoms. The molecule has 0 heterocycles. The summed E-state index contributed by atoms with van der Waals surface area (Å²) in [5, 5.41) is 0. The number of hydrogen-bond acceptors (Lipinski definition) is 0. The normalized spacial score (nSPS) is 30.2. The molecule has 4 atom stereocenters. The van der Waals surface area contributed by atoms with Gasteiger partial charge in [0, 0.05) is 0 Å². The lowest BCUT2D eigenvalue weighted by molar-refractivity contribution is 0.224. The van der Waals surface area contributed by atoms with Crippen LogP contribution in [-0.4, -0.2) is 0 Å². The summed E-state index contributed by atoms with van der Waals surface area (Å²) in [4.78, 5) is 0. The van der Waals surface area contributed by atoms with Gasteiger partial charge in [-0.15, -0.1) is 0 Å². The summed E-state index contributed by atoms with van der Waals surface area (Å²) in [5.74, 6) is 6.42. The Morgan fingerprint density at radius 2 is 0.676 bits per heavy atom. The molecule has 0 aromatic heterocycles. The zero-order valence-electron chi connectivity index (χ0n) is 22.2. The maximum atomic E-state index is 2.35. The van der Waals surface area contributed by atoms with Gasteiger partial charge in [0.15, 0.2) is 0 Å². The highest BCUT2D eigenvalue weighted by Crippen LogP contribution is 2.34. The van der Waals surface area contributed by atoms with Gasteiger partial charge in [0.1, 0.15) is 0 Å². The van der Waals surface area contributed by atoms with Crippen LogP contribution in [0.1, 0.15) is 187 Å². The average Bonchev–Trinajstić information content (AvgIpc) is 2.84. The second kappa shape index (κ2) is 26.1. The Kier molecular flexibility index (Phi) is 31.5. The Hall–Kier alpha value is 0. The quantitative estimate of drug-likeness (QED) is 0.351. The fraction of sp³-hybridized carbons (Fsp3) is 1.00. The first-order valence-electron chi connectivity index (χ1n) is 14.6. The van der Waals surface area contributed by atoms with Crippen LogP contribution in [0.4, 0.5) is 0 Å². The van der Waals surface area contributed by atoms with Crippen LogP contribution in [0, 0.1) is 35.5 Å². The molecule has 3 rings (SSSR count). The van der Waals surface area contributed by atoms with E-state index in [2.05, 4.69) is 41.5 Å². The Morgan fingerprint density at radius 3 is 0.941 bits per heavy atom. The summed E-state index contributed by atoms with van der Waals surface area (Å²) in [6.45, 7) is 14.0. The first-order chi connectivity index (χ1) is 14.6. The molecule has 0 aromatic rings. The van der Waals surface area contributed by atoms with Gasteiger partial charge in [0.2, 0.25) is 0 Å². The number of rotatable bonds is 6. The monoisotopic (exact) mass is 485 g/mol. The minimum atomic E-state index is 0. The zero-order valence-corrected chi connectivity index (χ0v) is 22.2. The van der Waals surface area contributed by atoms with E-state index in [0.717, 1.165) is 35.5 Å². The molecule has 212 valence electrons. The SMILES string of the molecule is C.C.C.C.CCC1CCC(CC)CC1.CCC1CCCC(CC)C1.CCC1CCCCC1CC. The van der Waals surface area contributed by atoms with Crippen LogP contribution >= 0.6 is 0 Å². The third-order valence-electron chi connectivity index (χ3n) is 9.28. The standard InChI is InChI=1S/3C10H20.4CH4/c1-3-9-5-7-10(4-2)8-6-9;1-3-9-6-5-7-10(4-2)8-9;1-3-9-7-5-6-8-10(9)4-2;;;;/h3*9-10H,3-8H2,1-2H3;4*1H4. The van der Waals surface area contributed by atoms with Crippen molar-refractivity contribution in [1.29, 1.82) is 0 Å². The molecule has 3 aliphatic rings. The van der Waals surface area contributed by atoms with Gasteiger partial charge in [0.05, 0.1) is 0 Å². The molecule has 0 bridgehead atoms. The summed E-state index contributed by atoms with van der Waals surface area (Å²) in [5.41, 5.74) is 0. The lowest BCUT2D eigenvalue weighted by Gasteiger charge is -2.29. The third-order valence-corrected chi connectivity index (χ3v) is 9.28. The van der Waals surface area contributed by atoms with E-state index in [4.69, 9.17) is 0 Å². The highest BCUT2D eigenvalue weighted by atomic mass is 14.3. The van der Waals surface area contributed by atoms with Crippen molar-refractivity contribution < 1.29 is 0 Å². The largest absolute Gasteiger partial charge is 0.0776 e. The Labute approximate surface area is 222 Å². The van der Waals surface area contributed by atoms with E-state index < -0.39 is 0 Å². The molecule has 0 aromatic carbocycles. The third kappa shape index (κ3) is 16.6. The minimum Gasteiger partial charge on any atom is -0.0776 e. The van der Waals surface area contributed by atoms with Crippen LogP contribution in [0.2, 0.25) is 0 Å². The average molecular weight is 485 g/mol. The molecule has 4 unspecified atom stereocenters. The molecule has 3 fully saturated rings. The van der Waals surface area contributed by atoms with Crippen molar-refractivity contribution in [3.8, 4) is 0 Å². The lowest BCUT2D eigenvalue weighted by Crippen LogP contribution is -2.17. The van der Waals surface area contributed by atoms with Gasteiger partial charge in [-0.3, -0.25) is 0 Å². The molecule has 3 aliphatic carbocycles. The van der Waals surface area contributed by atoms with Gasteiger partial charge in [-0.05, 0) is 41.9 Å². The molecule has 0 radical (unpaired) electrons. The van der Waals surface area contributed by atoms with Crippen LogP contribution in [0.15, 0.2) is 0 Å². The fourth-order valence-corrected chi connectivity index (χ4v) is 6.55. The molecule has 0 aliphatic heterocycles. The van der Waals surface area contributed by atoms with E-state index in [1.807, 2.05) is 0 Å². The van der Waals surface area contributed by atoms with Gasteiger partial charge >= 0.3 is 0 Å². The maximum Gasteiger partial charge on any atom is -0.0389 e. The van der Waals surface area contributed by atoms with Gasteiger partial charge in [-0.2, -0.15) is 0 Å². The Morgan fingerprint density at radius 1 is 0.353 bits per heavy atom. The van der Waals surface area contributed by atoms with Crippen LogP contribution in [0.25, 0.3) is 0 Å². The van der Waals surface area contributed by atoms with E-state index in [1.54, 1.807) is 0 Å². The predicted octanol–water partition coefficient (Wildman–Crippen LogP) is 13.4. The van der Waals surface area contributed by atoms with E-state index in [1.165, 1.54) is 116 Å². The Balaban J connectivity index is -0.000000187. The highest BCUT2D eigenvalue weighted by molar-refractivity contribution is 4.73. The van der Waals surface area contributed by atoms with Crippen molar-refractivity contribution >= 4 is 0 Å². The second-order valence-electron chi connectivity index (χ2n) is 11.0. The Bertz CT molecular complexity index is 330. The summed E-state index contributed by atoms with van der Waals surface area (Å²) < 4.78 is 0. The van der Waals surface area contributed by atoms with Crippen molar-refractivity contribution in [2.45, 2.75) is 187 Å². The van der Waals surface area contributed by atoms with E-state index in [-0.39, 0.29) is 29.7 Å². The molecule has 0 heteroatoms. The first kappa shape index (κ1) is 41.1. The van der Waals surface area contributed by atoms with Crippen molar-refractivity contribution in [3.63, 3.8) is 0 Å². The molecule has 0 amide bonds. The summed E-state index contributed by atoms with van der Waals surface area (Å²) in [7, 11) is 0. The van der Waals surface area contributed by atoms with Crippen LogP contribution in [-0.2, 0) is 0 Å². The van der Waals surface area contributed by atoms with Crippen molar-refractivity contribution in [2.24, 2.45) is 35.5 Å². The second-order valence-corrected chi connectivity index (χ2v) is 11.0. The summed E-state index contributed by atoms with van der Waals surface area (Å²) in [6.07, 6.45) is 26.6. The van der Waals surface area contributed by atoms with Crippen LogP contribution in [0.3, 0.4) is 0 Å². The minimum absolute atomic E-state index is 0. The maximum absolute atomic E-state index is 2.35. The molecule has 0 N–H and O–H groups in total. The lowest BCUT2D eigenvalue weighted by atomic mass is 9.77. The summed E-state index contributed by atoms with van der Waals surface area (Å²) in [6, 6.07) is 0. The van der Waals surface area contributed by atoms with Crippen LogP contribution in [0.5, 0.6) is 0 Å².